The molecule has 0 amide bonds. The summed E-state index contributed by atoms with van der Waals surface area (Å²) in [5, 5.41) is 9.42. The third-order valence-corrected chi connectivity index (χ3v) is 5.30. The number of aliphatic hydroxyl groups is 1. The summed E-state index contributed by atoms with van der Waals surface area (Å²) >= 11 is 0. The van der Waals surface area contributed by atoms with E-state index in [0.29, 0.717) is 6.61 Å². The van der Waals surface area contributed by atoms with Crippen molar-refractivity contribution in [1.29, 1.82) is 0 Å². The SMILES string of the molecule is CCCCCCCCCCCCCCCCCCOCC(O)COS(=O)(=O)O. The molecule has 170 valence electrons. The molecule has 0 spiro atoms. The Morgan fingerprint density at radius 3 is 1.46 bits per heavy atom. The minimum atomic E-state index is -4.50. The molecule has 1 atom stereocenters. The molecule has 0 bridgehead atoms. The molecule has 28 heavy (non-hydrogen) atoms. The second kappa shape index (κ2) is 20.1. The first-order chi connectivity index (χ1) is 13.5. The van der Waals surface area contributed by atoms with Gasteiger partial charge in [-0.3, -0.25) is 4.55 Å². The van der Waals surface area contributed by atoms with E-state index in [9.17, 15) is 13.5 Å². The van der Waals surface area contributed by atoms with Crippen LogP contribution in [0.2, 0.25) is 0 Å². The second-order valence-corrected chi connectivity index (χ2v) is 8.84. The van der Waals surface area contributed by atoms with Crippen molar-refractivity contribution in [3.63, 3.8) is 0 Å². The van der Waals surface area contributed by atoms with E-state index in [-0.39, 0.29) is 6.61 Å². The Morgan fingerprint density at radius 2 is 1.07 bits per heavy atom. The van der Waals surface area contributed by atoms with Gasteiger partial charge in [0.2, 0.25) is 0 Å². The van der Waals surface area contributed by atoms with Crippen LogP contribution in [0.3, 0.4) is 0 Å². The Kier molecular flexibility index (Phi) is 19.9. The summed E-state index contributed by atoms with van der Waals surface area (Å²) in [5.74, 6) is 0. The predicted octanol–water partition coefficient (Wildman–Crippen LogP) is 5.44. The van der Waals surface area contributed by atoms with E-state index in [2.05, 4.69) is 11.1 Å². The molecule has 0 aliphatic carbocycles. The van der Waals surface area contributed by atoms with Crippen molar-refractivity contribution < 1.29 is 27.0 Å². The molecule has 7 heteroatoms. The summed E-state index contributed by atoms with van der Waals surface area (Å²) in [7, 11) is -4.50. The molecule has 0 aromatic heterocycles. The first-order valence-electron chi connectivity index (χ1n) is 11.3. The van der Waals surface area contributed by atoms with E-state index in [0.717, 1.165) is 12.8 Å². The smallest absolute Gasteiger partial charge is 0.388 e. The summed E-state index contributed by atoms with van der Waals surface area (Å²) in [6.07, 6.45) is 20.0. The molecule has 0 aliphatic heterocycles. The van der Waals surface area contributed by atoms with Crippen molar-refractivity contribution in [2.75, 3.05) is 19.8 Å². The maximum Gasteiger partial charge on any atom is 0.397 e. The Hall–Kier alpha value is -0.210. The van der Waals surface area contributed by atoms with Crippen LogP contribution >= 0.6 is 0 Å². The molecule has 0 radical (unpaired) electrons. The Bertz CT molecular complexity index is 413. The third kappa shape index (κ3) is 23.8. The zero-order valence-corrected chi connectivity index (χ0v) is 18.8. The van der Waals surface area contributed by atoms with Crippen LogP contribution in [-0.2, 0) is 19.3 Å². The average Bonchev–Trinajstić information content (AvgIpc) is 2.65. The molecule has 0 fully saturated rings. The van der Waals surface area contributed by atoms with E-state index in [4.69, 9.17) is 9.29 Å². The van der Waals surface area contributed by atoms with Gasteiger partial charge in [-0.25, -0.2) is 4.18 Å². The van der Waals surface area contributed by atoms with Gasteiger partial charge in [0.05, 0.1) is 13.2 Å². The minimum absolute atomic E-state index is 0.00819. The Labute approximate surface area is 173 Å². The lowest BCUT2D eigenvalue weighted by Crippen LogP contribution is -2.23. The summed E-state index contributed by atoms with van der Waals surface area (Å²) in [4.78, 5) is 0. The molecule has 0 aliphatic rings. The number of hydrogen-bond acceptors (Lipinski definition) is 5. The van der Waals surface area contributed by atoms with E-state index >= 15 is 0 Å². The Morgan fingerprint density at radius 1 is 0.679 bits per heavy atom. The molecule has 0 aromatic rings. The predicted molar refractivity (Wildman–Crippen MR) is 114 cm³/mol. The highest BCUT2D eigenvalue weighted by Gasteiger charge is 2.10. The van der Waals surface area contributed by atoms with Crippen molar-refractivity contribution in [2.45, 2.75) is 116 Å². The minimum Gasteiger partial charge on any atom is -0.388 e. The highest BCUT2D eigenvalue weighted by atomic mass is 32.3. The van der Waals surface area contributed by atoms with Gasteiger partial charge >= 0.3 is 10.4 Å². The fourth-order valence-electron chi connectivity index (χ4n) is 3.18. The second-order valence-electron chi connectivity index (χ2n) is 7.74. The van der Waals surface area contributed by atoms with Gasteiger partial charge < -0.3 is 9.84 Å². The maximum absolute atomic E-state index is 10.4. The zero-order valence-electron chi connectivity index (χ0n) is 17.9. The lowest BCUT2D eigenvalue weighted by Gasteiger charge is -2.10. The molecule has 0 saturated heterocycles. The summed E-state index contributed by atoms with van der Waals surface area (Å²) in [6, 6.07) is 0. The largest absolute Gasteiger partial charge is 0.397 e. The van der Waals surface area contributed by atoms with Gasteiger partial charge in [-0.05, 0) is 6.42 Å². The van der Waals surface area contributed by atoms with Crippen molar-refractivity contribution in [3.8, 4) is 0 Å². The molecule has 0 aromatic carbocycles. The molecular weight excluding hydrogens is 380 g/mol. The van der Waals surface area contributed by atoms with Crippen LogP contribution in [0.5, 0.6) is 0 Å². The van der Waals surface area contributed by atoms with E-state index in [1.165, 1.54) is 89.9 Å². The van der Waals surface area contributed by atoms with Gasteiger partial charge in [-0.15, -0.1) is 0 Å². The van der Waals surface area contributed by atoms with Crippen molar-refractivity contribution in [2.24, 2.45) is 0 Å². The van der Waals surface area contributed by atoms with Gasteiger partial charge in [-0.2, -0.15) is 8.42 Å². The quantitative estimate of drug-likeness (QED) is 0.177. The summed E-state index contributed by atoms with van der Waals surface area (Å²) in [5.41, 5.74) is 0. The molecule has 0 saturated carbocycles. The van der Waals surface area contributed by atoms with Crippen molar-refractivity contribution in [3.05, 3.63) is 0 Å². The normalized spacial score (nSPS) is 13.1. The number of ether oxygens (including phenoxy) is 1. The number of aliphatic hydroxyl groups excluding tert-OH is 1. The van der Waals surface area contributed by atoms with E-state index in [1.54, 1.807) is 0 Å². The van der Waals surface area contributed by atoms with Crippen LogP contribution in [0.1, 0.15) is 110 Å². The van der Waals surface area contributed by atoms with Crippen LogP contribution in [0.15, 0.2) is 0 Å². The molecule has 2 N–H and O–H groups in total. The van der Waals surface area contributed by atoms with Gasteiger partial charge in [0.15, 0.2) is 0 Å². The molecule has 0 rings (SSSR count). The highest BCUT2D eigenvalue weighted by molar-refractivity contribution is 7.80. The number of rotatable bonds is 22. The Balaban J connectivity index is 3.14. The fourth-order valence-corrected chi connectivity index (χ4v) is 3.51. The van der Waals surface area contributed by atoms with Crippen LogP contribution in [0.25, 0.3) is 0 Å². The van der Waals surface area contributed by atoms with Gasteiger partial charge in [0, 0.05) is 6.61 Å². The number of unbranched alkanes of at least 4 members (excludes halogenated alkanes) is 15. The molecule has 1 unspecified atom stereocenters. The third-order valence-electron chi connectivity index (χ3n) is 4.86. The first-order valence-corrected chi connectivity index (χ1v) is 12.7. The van der Waals surface area contributed by atoms with Crippen LogP contribution in [-0.4, -0.2) is 44.0 Å². The number of hydrogen-bond donors (Lipinski definition) is 2. The zero-order chi connectivity index (χ0) is 20.9. The monoisotopic (exact) mass is 424 g/mol. The lowest BCUT2D eigenvalue weighted by molar-refractivity contribution is 0.0101. The molecule has 0 heterocycles. The summed E-state index contributed by atoms with van der Waals surface area (Å²) < 4.78 is 38.5. The highest BCUT2D eigenvalue weighted by Crippen LogP contribution is 2.13. The van der Waals surface area contributed by atoms with Crippen LogP contribution in [0.4, 0.5) is 0 Å². The topological polar surface area (TPSA) is 93.1 Å². The fraction of sp³-hybridized carbons (Fsp3) is 1.00. The first kappa shape index (κ1) is 27.8. The van der Waals surface area contributed by atoms with Crippen molar-refractivity contribution in [1.82, 2.24) is 0 Å². The standard InChI is InChI=1S/C21H44O6S/c1-2-3-4-5-6-7-8-9-10-11-12-13-14-15-16-17-18-26-19-21(22)20-27-28(23,24)25/h21-22H,2-20H2,1H3,(H,23,24,25). The van der Waals surface area contributed by atoms with Gasteiger partial charge in [-0.1, -0.05) is 103 Å². The summed E-state index contributed by atoms with van der Waals surface area (Å²) in [6.45, 7) is 2.33. The lowest BCUT2D eigenvalue weighted by atomic mass is 10.0. The van der Waals surface area contributed by atoms with Gasteiger partial charge in [0.25, 0.3) is 0 Å². The molecular formula is C21H44O6S. The van der Waals surface area contributed by atoms with E-state index in [1.807, 2.05) is 0 Å². The van der Waals surface area contributed by atoms with Crippen LogP contribution in [0, 0.1) is 0 Å². The van der Waals surface area contributed by atoms with Crippen LogP contribution < -0.4 is 0 Å². The van der Waals surface area contributed by atoms with Gasteiger partial charge in [0.1, 0.15) is 6.10 Å². The van der Waals surface area contributed by atoms with E-state index < -0.39 is 23.1 Å². The average molecular weight is 425 g/mol. The molecule has 6 nitrogen and oxygen atoms in total. The maximum atomic E-state index is 10.4. The van der Waals surface area contributed by atoms with Crippen molar-refractivity contribution >= 4 is 10.4 Å².